The zero-order valence-electron chi connectivity index (χ0n) is 17.7. The van der Waals surface area contributed by atoms with E-state index in [0.717, 1.165) is 12.8 Å². The zero-order chi connectivity index (χ0) is 24.3. The number of aromatic nitrogens is 2. The molecule has 34 heavy (non-hydrogen) atoms. The maximum absolute atomic E-state index is 12.8. The number of alkyl halides is 6. The van der Waals surface area contributed by atoms with Gasteiger partial charge in [0, 0.05) is 36.5 Å². The highest BCUT2D eigenvalue weighted by Crippen LogP contribution is 2.59. The normalized spacial score (nSPS) is 34.8. The van der Waals surface area contributed by atoms with Gasteiger partial charge in [-0.25, -0.2) is 9.98 Å². The molecule has 0 aromatic carbocycles. The first kappa shape index (κ1) is 23.4. The maximum atomic E-state index is 12.8. The number of nitrogens with one attached hydrogen (secondary N) is 1. The van der Waals surface area contributed by atoms with Crippen molar-refractivity contribution in [3.8, 4) is 0 Å². The van der Waals surface area contributed by atoms with Gasteiger partial charge in [-0.3, -0.25) is 9.53 Å². The highest BCUT2D eigenvalue weighted by atomic mass is 19.4. The summed E-state index contributed by atoms with van der Waals surface area (Å²) in [6.45, 7) is -0.735. The van der Waals surface area contributed by atoms with E-state index in [1.165, 1.54) is 6.33 Å². The molecule has 0 bridgehead atoms. The van der Waals surface area contributed by atoms with Crippen molar-refractivity contribution in [2.24, 2.45) is 10.9 Å². The molecule has 1 aromatic rings. The third-order valence-corrected chi connectivity index (χ3v) is 7.06. The van der Waals surface area contributed by atoms with Crippen LogP contribution in [0.5, 0.6) is 0 Å². The van der Waals surface area contributed by atoms with Crippen LogP contribution >= 0.6 is 0 Å². The van der Waals surface area contributed by atoms with Crippen molar-refractivity contribution in [3.05, 3.63) is 18.2 Å². The number of halogens is 6. The van der Waals surface area contributed by atoms with Gasteiger partial charge in [0.15, 0.2) is 0 Å². The fraction of sp³-hybridized carbons (Fsp3) is 0.750. The van der Waals surface area contributed by atoms with Crippen LogP contribution in [-0.4, -0.2) is 70.9 Å². The zero-order valence-corrected chi connectivity index (χ0v) is 17.7. The number of ether oxygens (including phenoxy) is 3. The van der Waals surface area contributed by atoms with E-state index in [0.29, 0.717) is 6.42 Å². The Labute approximate surface area is 189 Å². The molecule has 1 aromatic heterocycles. The number of imidazole rings is 1. The Balaban J connectivity index is 1.07. The van der Waals surface area contributed by atoms with E-state index in [9.17, 15) is 31.1 Å². The van der Waals surface area contributed by atoms with Crippen LogP contribution in [0.3, 0.4) is 0 Å². The van der Waals surface area contributed by atoms with E-state index in [2.05, 4.69) is 20.0 Å². The summed E-state index contributed by atoms with van der Waals surface area (Å²) in [5.74, 6) is -0.327. The highest BCUT2D eigenvalue weighted by Gasteiger charge is 2.61. The number of carbonyl (C=O) groups is 1. The van der Waals surface area contributed by atoms with Crippen molar-refractivity contribution >= 4 is 11.8 Å². The molecule has 2 heterocycles. The quantitative estimate of drug-likeness (QED) is 0.587. The molecule has 3 aliphatic carbocycles. The Morgan fingerprint density at radius 2 is 2.00 bits per heavy atom. The van der Waals surface area contributed by atoms with E-state index >= 15 is 0 Å². The number of aliphatic imine (C=N–C) groups is 1. The molecule has 1 N–H and O–H groups in total. The largest absolute Gasteiger partial charge is 0.522 e. The van der Waals surface area contributed by atoms with Crippen molar-refractivity contribution in [2.75, 3.05) is 13.2 Å². The van der Waals surface area contributed by atoms with Gasteiger partial charge in [0.05, 0.1) is 25.1 Å². The molecule has 3 unspecified atom stereocenters. The molecule has 1 aliphatic heterocycles. The van der Waals surface area contributed by atoms with Gasteiger partial charge in [-0.05, 0) is 19.3 Å². The minimum atomic E-state index is -4.68. The fourth-order valence-corrected chi connectivity index (χ4v) is 5.11. The van der Waals surface area contributed by atoms with Gasteiger partial charge < -0.3 is 19.4 Å². The summed E-state index contributed by atoms with van der Waals surface area (Å²) in [5.41, 5.74) is -0.144. The van der Waals surface area contributed by atoms with Gasteiger partial charge in [0.25, 0.3) is 0 Å². The lowest BCUT2D eigenvalue weighted by molar-refractivity contribution is -0.357. The van der Waals surface area contributed by atoms with Crippen molar-refractivity contribution in [2.45, 2.75) is 74.5 Å². The number of fused-ring (bicyclic) bond motifs is 1. The summed E-state index contributed by atoms with van der Waals surface area (Å²) in [4.78, 5) is 20.3. The lowest BCUT2D eigenvalue weighted by Crippen LogP contribution is -2.70. The molecular formula is C20H22F6N4O4. The third kappa shape index (κ3) is 4.49. The summed E-state index contributed by atoms with van der Waals surface area (Å²) in [6.07, 6.45) is -6.92. The molecular weight excluding hydrogens is 474 g/mol. The second-order valence-electron chi connectivity index (χ2n) is 9.21. The molecule has 1 amide bonds. The molecule has 188 valence electrons. The SMILES string of the molecule is O=C(COC1CC(OC(F)(F)F)C1)NC12CCC1C(n1cnc(C3=NC[C@H](C(F)(F)F)O3)c1)C2. The Morgan fingerprint density at radius 1 is 1.24 bits per heavy atom. The Bertz CT molecular complexity index is 973. The Hall–Kier alpha value is -2.35. The van der Waals surface area contributed by atoms with Crippen molar-refractivity contribution < 1.29 is 45.3 Å². The van der Waals surface area contributed by atoms with Gasteiger partial charge in [0.2, 0.25) is 17.9 Å². The molecule has 4 aliphatic rings. The molecule has 4 atom stereocenters. The van der Waals surface area contributed by atoms with Gasteiger partial charge >= 0.3 is 12.5 Å². The maximum Gasteiger partial charge on any atom is 0.522 e. The van der Waals surface area contributed by atoms with Gasteiger partial charge in [0.1, 0.15) is 12.3 Å². The predicted molar refractivity (Wildman–Crippen MR) is 102 cm³/mol. The van der Waals surface area contributed by atoms with Crippen LogP contribution in [0.4, 0.5) is 26.3 Å². The van der Waals surface area contributed by atoms with E-state index in [1.807, 2.05) is 4.57 Å². The Kier molecular flexibility index (Phi) is 5.58. The topological polar surface area (TPSA) is 87.0 Å². The van der Waals surface area contributed by atoms with E-state index in [1.54, 1.807) is 6.20 Å². The number of rotatable bonds is 7. The first-order chi connectivity index (χ1) is 15.9. The molecule has 3 fully saturated rings. The monoisotopic (exact) mass is 496 g/mol. The number of carbonyl (C=O) groups excluding carboxylic acids is 1. The highest BCUT2D eigenvalue weighted by molar-refractivity contribution is 5.93. The molecule has 14 heteroatoms. The van der Waals surface area contributed by atoms with E-state index in [-0.39, 0.29) is 54.4 Å². The van der Waals surface area contributed by atoms with Crippen LogP contribution in [0, 0.1) is 5.92 Å². The van der Waals surface area contributed by atoms with Crippen molar-refractivity contribution in [1.29, 1.82) is 0 Å². The minimum absolute atomic E-state index is 0.0311. The first-order valence-corrected chi connectivity index (χ1v) is 10.9. The number of amides is 1. The van der Waals surface area contributed by atoms with Crippen molar-refractivity contribution in [1.82, 2.24) is 14.9 Å². The average molecular weight is 496 g/mol. The van der Waals surface area contributed by atoms with Crippen LogP contribution in [0.15, 0.2) is 17.5 Å². The van der Waals surface area contributed by atoms with Gasteiger partial charge in [-0.1, -0.05) is 0 Å². The lowest BCUT2D eigenvalue weighted by atomic mass is 9.50. The molecule has 0 saturated heterocycles. The predicted octanol–water partition coefficient (Wildman–Crippen LogP) is 2.88. The molecule has 8 nitrogen and oxygen atoms in total. The summed E-state index contributed by atoms with van der Waals surface area (Å²) in [6, 6.07) is 0.0311. The van der Waals surface area contributed by atoms with Crippen molar-refractivity contribution in [3.63, 3.8) is 0 Å². The van der Waals surface area contributed by atoms with Gasteiger partial charge in [-0.15, -0.1) is 13.2 Å². The summed E-state index contributed by atoms with van der Waals surface area (Å²) in [5, 5.41) is 2.98. The molecule has 5 rings (SSSR count). The number of hydrogen-bond donors (Lipinski definition) is 1. The summed E-state index contributed by atoms with van der Waals surface area (Å²) < 4.78 is 90.8. The Morgan fingerprint density at radius 3 is 2.59 bits per heavy atom. The second kappa shape index (κ2) is 8.11. The van der Waals surface area contributed by atoms with Gasteiger partial charge in [-0.2, -0.15) is 13.2 Å². The lowest BCUT2D eigenvalue weighted by Gasteiger charge is -2.63. The molecule has 0 spiro atoms. The minimum Gasteiger partial charge on any atom is -0.461 e. The van der Waals surface area contributed by atoms with Crippen LogP contribution in [-0.2, 0) is 19.0 Å². The van der Waals surface area contributed by atoms with E-state index in [4.69, 9.17) is 9.47 Å². The van der Waals surface area contributed by atoms with Crippen LogP contribution in [0.1, 0.15) is 43.8 Å². The smallest absolute Gasteiger partial charge is 0.461 e. The first-order valence-electron chi connectivity index (χ1n) is 10.9. The fourth-order valence-electron chi connectivity index (χ4n) is 5.11. The summed E-state index contributed by atoms with van der Waals surface area (Å²) >= 11 is 0. The second-order valence-corrected chi connectivity index (χ2v) is 9.21. The van der Waals surface area contributed by atoms with E-state index < -0.39 is 37.4 Å². The average Bonchev–Trinajstić information content (AvgIpc) is 3.35. The molecule has 0 radical (unpaired) electrons. The van der Waals surface area contributed by atoms with Crippen LogP contribution in [0.2, 0.25) is 0 Å². The summed E-state index contributed by atoms with van der Waals surface area (Å²) in [7, 11) is 0. The number of nitrogens with zero attached hydrogens (tertiary/aromatic N) is 3. The van der Waals surface area contributed by atoms with Crippen LogP contribution in [0.25, 0.3) is 0 Å². The molecule has 3 saturated carbocycles. The number of hydrogen-bond acceptors (Lipinski definition) is 6. The van der Waals surface area contributed by atoms with Crippen LogP contribution < -0.4 is 5.32 Å². The third-order valence-electron chi connectivity index (χ3n) is 7.06. The standard InChI is InChI=1S/C20H22F6N4O4/c21-19(22,23)15-6-27-17(33-15)13-7-30(9-28-13)14-5-18(2-1-12(14)18)29-16(31)8-32-10-3-11(4-10)34-20(24,25)26/h7,9-12,14-15H,1-6,8H2,(H,29,31)/t10?,11?,12?,14?,15-,18?/m1/s1.